The molecule has 2 N–H and O–H groups in total. The molecule has 1 aromatic rings. The van der Waals surface area contributed by atoms with E-state index in [1.165, 1.54) is 4.88 Å². The van der Waals surface area contributed by atoms with Crippen LogP contribution in [0.25, 0.3) is 0 Å². The highest BCUT2D eigenvalue weighted by molar-refractivity contribution is 9.11. The van der Waals surface area contributed by atoms with Gasteiger partial charge in [0, 0.05) is 18.0 Å². The van der Waals surface area contributed by atoms with E-state index in [0.29, 0.717) is 6.54 Å². The lowest BCUT2D eigenvalue weighted by molar-refractivity contribution is 0.0567. The molecule has 1 rings (SSSR count). The van der Waals surface area contributed by atoms with E-state index in [1.54, 1.807) is 11.3 Å². The molecule has 0 aromatic carbocycles. The maximum Gasteiger partial charge on any atom is 0.0702 e. The predicted molar refractivity (Wildman–Crippen MR) is 77.5 cm³/mol. The van der Waals surface area contributed by atoms with Gasteiger partial charge in [0.1, 0.15) is 0 Å². The van der Waals surface area contributed by atoms with Crippen molar-refractivity contribution >= 4 is 27.3 Å². The second kappa shape index (κ2) is 7.48. The van der Waals surface area contributed by atoms with Gasteiger partial charge in [0.25, 0.3) is 0 Å². The van der Waals surface area contributed by atoms with Gasteiger partial charge in [-0.25, -0.2) is 0 Å². The number of rotatable bonds is 7. The van der Waals surface area contributed by atoms with Crippen LogP contribution in [-0.4, -0.2) is 37.7 Å². The highest BCUT2D eigenvalue weighted by Gasteiger charge is 2.17. The van der Waals surface area contributed by atoms with Crippen molar-refractivity contribution in [1.29, 1.82) is 0 Å². The van der Waals surface area contributed by atoms with Crippen molar-refractivity contribution in [3.8, 4) is 0 Å². The van der Waals surface area contributed by atoms with Crippen LogP contribution >= 0.6 is 27.3 Å². The largest absolute Gasteiger partial charge is 0.377 e. The molecule has 0 amide bonds. The van der Waals surface area contributed by atoms with E-state index in [4.69, 9.17) is 10.5 Å². The quantitative estimate of drug-likeness (QED) is 0.839. The van der Waals surface area contributed by atoms with Crippen molar-refractivity contribution in [3.63, 3.8) is 0 Å². The number of thiophene rings is 1. The number of nitrogens with two attached hydrogens (primary N) is 1. The Bertz CT molecular complexity index is 330. The fraction of sp³-hybridized carbons (Fsp3) is 0.667. The van der Waals surface area contributed by atoms with E-state index in [1.807, 2.05) is 0 Å². The molecule has 98 valence electrons. The first-order valence-corrected chi connectivity index (χ1v) is 7.42. The summed E-state index contributed by atoms with van der Waals surface area (Å²) < 4.78 is 6.71. The number of hydrogen-bond donors (Lipinski definition) is 1. The van der Waals surface area contributed by atoms with Crippen LogP contribution in [-0.2, 0) is 4.74 Å². The van der Waals surface area contributed by atoms with Crippen LogP contribution in [0.4, 0.5) is 0 Å². The molecule has 0 spiro atoms. The summed E-state index contributed by atoms with van der Waals surface area (Å²) in [5, 5.41) is 0. The van der Waals surface area contributed by atoms with Crippen LogP contribution in [0.5, 0.6) is 0 Å². The molecule has 0 saturated carbocycles. The minimum atomic E-state index is 0.280. The molecule has 1 atom stereocenters. The fourth-order valence-corrected chi connectivity index (χ4v) is 3.21. The molecule has 5 heteroatoms. The van der Waals surface area contributed by atoms with Crippen molar-refractivity contribution in [3.05, 3.63) is 20.8 Å². The average Bonchev–Trinajstić information content (AvgIpc) is 2.65. The van der Waals surface area contributed by atoms with Crippen LogP contribution in [0.15, 0.2) is 15.9 Å². The summed E-state index contributed by atoms with van der Waals surface area (Å²) in [5.41, 5.74) is 5.86. The number of nitrogens with zero attached hydrogens (tertiary/aromatic N) is 1. The Hall–Kier alpha value is 0.0600. The molecule has 0 aliphatic heterocycles. The Balaban J connectivity index is 2.49. The topological polar surface area (TPSA) is 38.5 Å². The third-order valence-electron chi connectivity index (χ3n) is 2.57. The Labute approximate surface area is 116 Å². The second-order valence-electron chi connectivity index (χ2n) is 4.29. The van der Waals surface area contributed by atoms with E-state index in [2.05, 4.69) is 53.9 Å². The summed E-state index contributed by atoms with van der Waals surface area (Å²) in [5.74, 6) is 0. The van der Waals surface area contributed by atoms with E-state index in [9.17, 15) is 0 Å². The molecule has 17 heavy (non-hydrogen) atoms. The number of likely N-dealkylation sites (N-methyl/N-ethyl adjacent to an activating group) is 1. The number of ether oxygens (including phenoxy) is 1. The van der Waals surface area contributed by atoms with E-state index in [-0.39, 0.29) is 12.1 Å². The lowest BCUT2D eigenvalue weighted by atomic mass is 10.2. The summed E-state index contributed by atoms with van der Waals surface area (Å²) in [6.07, 6.45) is 0.288. The van der Waals surface area contributed by atoms with Gasteiger partial charge in [-0.1, -0.05) is 0 Å². The first kappa shape index (κ1) is 15.1. The molecular weight excluding hydrogens is 300 g/mol. The van der Waals surface area contributed by atoms with Crippen LogP contribution < -0.4 is 5.73 Å². The van der Waals surface area contributed by atoms with Crippen LogP contribution in [0, 0.1) is 0 Å². The first-order chi connectivity index (χ1) is 8.04. The minimum Gasteiger partial charge on any atom is -0.377 e. The summed E-state index contributed by atoms with van der Waals surface area (Å²) >= 11 is 5.23. The Morgan fingerprint density at radius 3 is 2.65 bits per heavy atom. The SMILES string of the molecule is CC(C)OCCN(C)C(CN)c1ccc(Br)s1. The second-order valence-corrected chi connectivity index (χ2v) is 6.79. The van der Waals surface area contributed by atoms with Crippen molar-refractivity contribution in [1.82, 2.24) is 4.90 Å². The molecule has 0 saturated heterocycles. The minimum absolute atomic E-state index is 0.280. The smallest absolute Gasteiger partial charge is 0.0702 e. The molecular formula is C12H21BrN2OS. The lowest BCUT2D eigenvalue weighted by Gasteiger charge is -2.26. The lowest BCUT2D eigenvalue weighted by Crippen LogP contribution is -2.33. The van der Waals surface area contributed by atoms with Crippen LogP contribution in [0.1, 0.15) is 24.8 Å². The highest BCUT2D eigenvalue weighted by atomic mass is 79.9. The van der Waals surface area contributed by atoms with Crippen molar-refractivity contribution < 1.29 is 4.74 Å². The zero-order valence-electron chi connectivity index (χ0n) is 10.6. The highest BCUT2D eigenvalue weighted by Crippen LogP contribution is 2.29. The third-order valence-corrected chi connectivity index (χ3v) is 4.30. The standard InChI is InChI=1S/C12H21BrN2OS/c1-9(2)16-7-6-15(3)10(8-14)11-4-5-12(13)17-11/h4-5,9-10H,6-8,14H2,1-3H3. The summed E-state index contributed by atoms with van der Waals surface area (Å²) in [6.45, 7) is 6.38. The normalized spacial score (nSPS) is 13.6. The van der Waals surface area contributed by atoms with Gasteiger partial charge < -0.3 is 10.5 Å². The molecule has 1 unspecified atom stereocenters. The van der Waals surface area contributed by atoms with Crippen LogP contribution in [0.2, 0.25) is 0 Å². The van der Waals surface area contributed by atoms with Gasteiger partial charge in [-0.05, 0) is 49.0 Å². The molecule has 0 aliphatic carbocycles. The van der Waals surface area contributed by atoms with Gasteiger partial charge in [-0.15, -0.1) is 11.3 Å². The predicted octanol–water partition coefficient (Wildman–Crippen LogP) is 2.87. The number of hydrogen-bond acceptors (Lipinski definition) is 4. The summed E-state index contributed by atoms with van der Waals surface area (Å²) in [4.78, 5) is 3.55. The van der Waals surface area contributed by atoms with Gasteiger partial charge in [-0.2, -0.15) is 0 Å². The molecule has 3 nitrogen and oxygen atoms in total. The van der Waals surface area contributed by atoms with E-state index < -0.39 is 0 Å². The van der Waals surface area contributed by atoms with Gasteiger partial charge in [0.05, 0.1) is 22.5 Å². The molecule has 0 bridgehead atoms. The monoisotopic (exact) mass is 320 g/mol. The van der Waals surface area contributed by atoms with Gasteiger partial charge >= 0.3 is 0 Å². The van der Waals surface area contributed by atoms with Crippen molar-refractivity contribution in [2.45, 2.75) is 26.0 Å². The number of halogens is 1. The zero-order chi connectivity index (χ0) is 12.8. The Morgan fingerprint density at radius 1 is 1.47 bits per heavy atom. The molecule has 1 aromatic heterocycles. The molecule has 0 fully saturated rings. The Morgan fingerprint density at radius 2 is 2.18 bits per heavy atom. The maximum atomic E-state index is 5.86. The van der Waals surface area contributed by atoms with E-state index >= 15 is 0 Å². The molecule has 0 aliphatic rings. The van der Waals surface area contributed by atoms with Gasteiger partial charge in [0.2, 0.25) is 0 Å². The summed E-state index contributed by atoms with van der Waals surface area (Å²) in [7, 11) is 2.09. The third kappa shape index (κ3) is 5.06. The molecule has 0 radical (unpaired) electrons. The van der Waals surface area contributed by atoms with Crippen LogP contribution in [0.3, 0.4) is 0 Å². The first-order valence-electron chi connectivity index (χ1n) is 5.81. The Kier molecular flexibility index (Phi) is 6.66. The molecule has 1 heterocycles. The van der Waals surface area contributed by atoms with E-state index in [0.717, 1.165) is 16.9 Å². The fourth-order valence-electron chi connectivity index (χ4n) is 1.61. The zero-order valence-corrected chi connectivity index (χ0v) is 13.1. The maximum absolute atomic E-state index is 5.86. The van der Waals surface area contributed by atoms with Gasteiger partial charge in [0.15, 0.2) is 0 Å². The average molecular weight is 321 g/mol. The van der Waals surface area contributed by atoms with Crippen molar-refractivity contribution in [2.75, 3.05) is 26.7 Å². The summed E-state index contributed by atoms with van der Waals surface area (Å²) in [6, 6.07) is 4.48. The van der Waals surface area contributed by atoms with Crippen molar-refractivity contribution in [2.24, 2.45) is 5.73 Å². The van der Waals surface area contributed by atoms with Gasteiger partial charge in [-0.3, -0.25) is 4.90 Å².